The standard InChI is InChI=1S/C32H40N2O4/c1-5-37-29-19-17-26(22-30(29)38-6-2)18-20-31(35)34(23-27-15-11-8-12-16-27)28(32(36)33-24(3)4)21-25-13-9-7-10-14-25/h7-17,19,22,24,28H,5-6,18,20-21,23H2,1-4H3,(H,33,36)/t28-/m1/s1. The molecule has 0 aliphatic heterocycles. The van der Waals surface area contributed by atoms with Crippen LogP contribution in [0.15, 0.2) is 78.9 Å². The molecule has 0 saturated heterocycles. The van der Waals surface area contributed by atoms with Crippen LogP contribution in [0.1, 0.15) is 50.8 Å². The van der Waals surface area contributed by atoms with Gasteiger partial charge in [-0.15, -0.1) is 0 Å². The van der Waals surface area contributed by atoms with Gasteiger partial charge in [-0.25, -0.2) is 0 Å². The molecule has 0 bridgehead atoms. The maximum absolute atomic E-state index is 13.8. The Bertz CT molecular complexity index is 1150. The van der Waals surface area contributed by atoms with Gasteiger partial charge < -0.3 is 19.7 Å². The molecule has 0 aromatic heterocycles. The highest BCUT2D eigenvalue weighted by molar-refractivity contribution is 5.88. The summed E-state index contributed by atoms with van der Waals surface area (Å²) in [5.74, 6) is 1.16. The Hall–Kier alpha value is -3.80. The van der Waals surface area contributed by atoms with E-state index in [1.807, 2.05) is 107 Å². The fourth-order valence-electron chi connectivity index (χ4n) is 4.36. The van der Waals surface area contributed by atoms with Gasteiger partial charge in [-0.3, -0.25) is 9.59 Å². The lowest BCUT2D eigenvalue weighted by molar-refractivity contribution is -0.141. The zero-order valence-corrected chi connectivity index (χ0v) is 23.0. The number of amides is 2. The lowest BCUT2D eigenvalue weighted by Crippen LogP contribution is -2.51. The molecule has 0 fully saturated rings. The van der Waals surface area contributed by atoms with E-state index in [-0.39, 0.29) is 24.3 Å². The van der Waals surface area contributed by atoms with E-state index in [0.717, 1.165) is 16.7 Å². The second-order valence-electron chi connectivity index (χ2n) is 9.52. The van der Waals surface area contributed by atoms with E-state index in [1.54, 1.807) is 4.90 Å². The van der Waals surface area contributed by atoms with E-state index < -0.39 is 6.04 Å². The van der Waals surface area contributed by atoms with E-state index in [9.17, 15) is 9.59 Å². The van der Waals surface area contributed by atoms with Crippen molar-refractivity contribution in [3.8, 4) is 11.5 Å². The molecular weight excluding hydrogens is 476 g/mol. The minimum absolute atomic E-state index is 0.0321. The van der Waals surface area contributed by atoms with Gasteiger partial charge in [-0.2, -0.15) is 0 Å². The van der Waals surface area contributed by atoms with Crippen LogP contribution in [0, 0.1) is 0 Å². The highest BCUT2D eigenvalue weighted by Crippen LogP contribution is 2.29. The van der Waals surface area contributed by atoms with Crippen LogP contribution in [0.25, 0.3) is 0 Å². The van der Waals surface area contributed by atoms with Crippen LogP contribution < -0.4 is 14.8 Å². The Morgan fingerprint density at radius 3 is 2.00 bits per heavy atom. The molecule has 0 aliphatic rings. The van der Waals surface area contributed by atoms with Crippen molar-refractivity contribution in [2.45, 2.75) is 65.6 Å². The van der Waals surface area contributed by atoms with Crippen LogP contribution in [0.4, 0.5) is 0 Å². The molecule has 0 spiro atoms. The molecule has 3 aromatic rings. The summed E-state index contributed by atoms with van der Waals surface area (Å²) >= 11 is 0. The van der Waals surface area contributed by atoms with Gasteiger partial charge in [0.1, 0.15) is 6.04 Å². The predicted octanol–water partition coefficient (Wildman–Crippen LogP) is 5.58. The van der Waals surface area contributed by atoms with Crippen molar-refractivity contribution in [2.75, 3.05) is 13.2 Å². The molecule has 0 aliphatic carbocycles. The number of nitrogens with one attached hydrogen (secondary N) is 1. The number of hydrogen-bond acceptors (Lipinski definition) is 4. The summed E-state index contributed by atoms with van der Waals surface area (Å²) in [5, 5.41) is 3.03. The Balaban J connectivity index is 1.87. The number of rotatable bonds is 14. The van der Waals surface area contributed by atoms with Gasteiger partial charge in [-0.05, 0) is 62.9 Å². The lowest BCUT2D eigenvalue weighted by atomic mass is 10.0. The van der Waals surface area contributed by atoms with Crippen LogP contribution in [-0.2, 0) is 29.0 Å². The quantitative estimate of drug-likeness (QED) is 0.304. The van der Waals surface area contributed by atoms with Gasteiger partial charge in [0.2, 0.25) is 11.8 Å². The first-order valence-corrected chi connectivity index (χ1v) is 13.5. The lowest BCUT2D eigenvalue weighted by Gasteiger charge is -2.32. The van der Waals surface area contributed by atoms with Gasteiger partial charge in [0.05, 0.1) is 13.2 Å². The van der Waals surface area contributed by atoms with Crippen LogP contribution in [0.2, 0.25) is 0 Å². The third-order valence-corrected chi connectivity index (χ3v) is 6.13. The number of carbonyl (C=O) groups excluding carboxylic acids is 2. The number of carbonyl (C=O) groups is 2. The van der Waals surface area contributed by atoms with E-state index in [2.05, 4.69) is 5.32 Å². The maximum Gasteiger partial charge on any atom is 0.243 e. The summed E-state index contributed by atoms with van der Waals surface area (Å²) in [4.78, 5) is 29.0. The van der Waals surface area contributed by atoms with Crippen LogP contribution in [-0.4, -0.2) is 42.0 Å². The Kier molecular flexibility index (Phi) is 11.2. The highest BCUT2D eigenvalue weighted by atomic mass is 16.5. The molecule has 6 nitrogen and oxygen atoms in total. The molecule has 1 N–H and O–H groups in total. The number of hydrogen-bond donors (Lipinski definition) is 1. The molecule has 6 heteroatoms. The Morgan fingerprint density at radius 2 is 1.39 bits per heavy atom. The predicted molar refractivity (Wildman–Crippen MR) is 151 cm³/mol. The first-order valence-electron chi connectivity index (χ1n) is 13.5. The Morgan fingerprint density at radius 1 is 0.789 bits per heavy atom. The number of benzene rings is 3. The molecule has 1 atom stereocenters. The molecular formula is C32H40N2O4. The van der Waals surface area contributed by atoms with Crippen molar-refractivity contribution in [3.63, 3.8) is 0 Å². The van der Waals surface area contributed by atoms with Crippen molar-refractivity contribution in [3.05, 3.63) is 95.6 Å². The fraction of sp³-hybridized carbons (Fsp3) is 0.375. The van der Waals surface area contributed by atoms with Crippen LogP contribution >= 0.6 is 0 Å². The van der Waals surface area contributed by atoms with Gasteiger partial charge in [-0.1, -0.05) is 66.7 Å². The van der Waals surface area contributed by atoms with Gasteiger partial charge in [0.25, 0.3) is 0 Å². The molecule has 38 heavy (non-hydrogen) atoms. The third-order valence-electron chi connectivity index (χ3n) is 6.13. The smallest absolute Gasteiger partial charge is 0.243 e. The monoisotopic (exact) mass is 516 g/mol. The van der Waals surface area contributed by atoms with Crippen molar-refractivity contribution >= 4 is 11.8 Å². The largest absolute Gasteiger partial charge is 0.490 e. The average Bonchev–Trinajstić information content (AvgIpc) is 2.91. The molecule has 0 radical (unpaired) electrons. The molecule has 202 valence electrons. The topological polar surface area (TPSA) is 67.9 Å². The summed E-state index contributed by atoms with van der Waals surface area (Å²) in [6.07, 6.45) is 1.24. The van der Waals surface area contributed by atoms with Crippen molar-refractivity contribution < 1.29 is 19.1 Å². The van der Waals surface area contributed by atoms with Crippen LogP contribution in [0.5, 0.6) is 11.5 Å². The van der Waals surface area contributed by atoms with Crippen molar-refractivity contribution in [2.24, 2.45) is 0 Å². The van der Waals surface area contributed by atoms with Crippen molar-refractivity contribution in [1.29, 1.82) is 0 Å². The third kappa shape index (κ3) is 8.65. The van der Waals surface area contributed by atoms with E-state index >= 15 is 0 Å². The van der Waals surface area contributed by atoms with E-state index in [0.29, 0.717) is 44.1 Å². The molecule has 3 aromatic carbocycles. The first kappa shape index (κ1) is 28.8. The van der Waals surface area contributed by atoms with E-state index in [4.69, 9.17) is 9.47 Å². The number of nitrogens with zero attached hydrogens (tertiary/aromatic N) is 1. The van der Waals surface area contributed by atoms with Gasteiger partial charge in [0, 0.05) is 25.4 Å². The summed E-state index contributed by atoms with van der Waals surface area (Å²) < 4.78 is 11.4. The summed E-state index contributed by atoms with van der Waals surface area (Å²) in [6.45, 7) is 9.17. The van der Waals surface area contributed by atoms with Crippen molar-refractivity contribution in [1.82, 2.24) is 10.2 Å². The molecule has 0 unspecified atom stereocenters. The SMILES string of the molecule is CCOc1ccc(CCC(=O)N(Cc2ccccc2)[C@H](Cc2ccccc2)C(=O)NC(C)C)cc1OCC. The average molecular weight is 517 g/mol. The number of ether oxygens (including phenoxy) is 2. The summed E-state index contributed by atoms with van der Waals surface area (Å²) in [6, 6.07) is 24.8. The normalized spacial score (nSPS) is 11.6. The minimum Gasteiger partial charge on any atom is -0.490 e. The maximum atomic E-state index is 13.8. The summed E-state index contributed by atoms with van der Waals surface area (Å²) in [7, 11) is 0. The molecule has 0 heterocycles. The zero-order chi connectivity index (χ0) is 27.3. The molecule has 2 amide bonds. The van der Waals surface area contributed by atoms with Gasteiger partial charge >= 0.3 is 0 Å². The Labute approximate surface area is 227 Å². The highest BCUT2D eigenvalue weighted by Gasteiger charge is 2.30. The summed E-state index contributed by atoms with van der Waals surface area (Å²) in [5.41, 5.74) is 2.97. The van der Waals surface area contributed by atoms with E-state index in [1.165, 1.54) is 0 Å². The fourth-order valence-corrected chi connectivity index (χ4v) is 4.36. The first-order chi connectivity index (χ1) is 18.4. The second kappa shape index (κ2) is 14.8. The van der Waals surface area contributed by atoms with Gasteiger partial charge in [0.15, 0.2) is 11.5 Å². The zero-order valence-electron chi connectivity index (χ0n) is 23.0. The second-order valence-corrected chi connectivity index (χ2v) is 9.52. The molecule has 3 rings (SSSR count). The minimum atomic E-state index is -0.633. The van der Waals surface area contributed by atoms with Crippen LogP contribution in [0.3, 0.4) is 0 Å². The number of aryl methyl sites for hydroxylation is 1. The molecule has 0 saturated carbocycles.